The van der Waals surface area contributed by atoms with Crippen molar-refractivity contribution in [3.63, 3.8) is 0 Å². The molecule has 1 saturated heterocycles. The Hall–Kier alpha value is -0.530. The summed E-state index contributed by atoms with van der Waals surface area (Å²) >= 11 is 0. The maximum atomic E-state index is 11.2. The van der Waals surface area contributed by atoms with Crippen molar-refractivity contribution in [3.05, 3.63) is 0 Å². The number of nitrogens with zero attached hydrogens (tertiary/aromatic N) is 1. The van der Waals surface area contributed by atoms with Gasteiger partial charge in [-0.2, -0.15) is 0 Å². The lowest BCUT2D eigenvalue weighted by molar-refractivity contribution is -0.130. The fourth-order valence-corrected chi connectivity index (χ4v) is 2.52. The Kier molecular flexibility index (Phi) is 5.86. The summed E-state index contributed by atoms with van der Waals surface area (Å²) in [5.41, 5.74) is 0. The smallest absolute Gasteiger partial charge is 0.219 e. The molecule has 0 atom stereocenters. The van der Waals surface area contributed by atoms with Crippen LogP contribution in [0.2, 0.25) is 0 Å². The molecule has 1 aliphatic rings. The molecule has 0 N–H and O–H groups in total. The molecule has 0 aromatic carbocycles. The Morgan fingerprint density at radius 3 is 2.38 bits per heavy atom. The highest BCUT2D eigenvalue weighted by Gasteiger charge is 2.19. The summed E-state index contributed by atoms with van der Waals surface area (Å²) in [6, 6.07) is 0. The van der Waals surface area contributed by atoms with Crippen LogP contribution in [-0.4, -0.2) is 23.9 Å². The van der Waals surface area contributed by atoms with Gasteiger partial charge in [-0.1, -0.05) is 39.5 Å². The van der Waals surface area contributed by atoms with Gasteiger partial charge in [0.2, 0.25) is 5.91 Å². The monoisotopic (exact) mass is 225 g/mol. The van der Waals surface area contributed by atoms with Crippen LogP contribution in [0.5, 0.6) is 0 Å². The SMILES string of the molecule is CC(=O)N1CCC(CCCCC(C)C)CC1. The van der Waals surface area contributed by atoms with Crippen LogP contribution in [0, 0.1) is 11.8 Å². The van der Waals surface area contributed by atoms with Crippen LogP contribution < -0.4 is 0 Å². The van der Waals surface area contributed by atoms with Gasteiger partial charge in [0, 0.05) is 20.0 Å². The van der Waals surface area contributed by atoms with E-state index >= 15 is 0 Å². The standard InChI is InChI=1S/C14H27NO/c1-12(2)6-4-5-7-14-8-10-15(11-9-14)13(3)16/h12,14H,4-11H2,1-3H3. The van der Waals surface area contributed by atoms with Crippen LogP contribution in [0.15, 0.2) is 0 Å². The number of hydrogen-bond acceptors (Lipinski definition) is 1. The lowest BCUT2D eigenvalue weighted by Crippen LogP contribution is -2.36. The van der Waals surface area contributed by atoms with Crippen LogP contribution in [0.25, 0.3) is 0 Å². The molecule has 2 heteroatoms. The summed E-state index contributed by atoms with van der Waals surface area (Å²) in [5, 5.41) is 0. The zero-order valence-electron chi connectivity index (χ0n) is 11.2. The second kappa shape index (κ2) is 6.93. The number of likely N-dealkylation sites (tertiary alicyclic amines) is 1. The quantitative estimate of drug-likeness (QED) is 0.656. The van der Waals surface area contributed by atoms with Crippen molar-refractivity contribution in [1.82, 2.24) is 4.90 Å². The van der Waals surface area contributed by atoms with Crippen LogP contribution in [0.4, 0.5) is 0 Å². The van der Waals surface area contributed by atoms with Crippen molar-refractivity contribution < 1.29 is 4.79 Å². The molecule has 2 nitrogen and oxygen atoms in total. The van der Waals surface area contributed by atoms with Gasteiger partial charge < -0.3 is 4.90 Å². The van der Waals surface area contributed by atoms with Gasteiger partial charge in [0.15, 0.2) is 0 Å². The Bertz CT molecular complexity index is 205. The van der Waals surface area contributed by atoms with Crippen molar-refractivity contribution in [2.24, 2.45) is 11.8 Å². The van der Waals surface area contributed by atoms with Crippen molar-refractivity contribution in [2.45, 2.75) is 59.3 Å². The number of carbonyl (C=O) groups is 1. The molecule has 0 unspecified atom stereocenters. The lowest BCUT2D eigenvalue weighted by Gasteiger charge is -2.31. The molecule has 0 saturated carbocycles. The Labute approximate surface area is 100 Å². The number of carbonyl (C=O) groups excluding carboxylic acids is 1. The molecular formula is C14H27NO. The highest BCUT2D eigenvalue weighted by molar-refractivity contribution is 5.73. The van der Waals surface area contributed by atoms with Gasteiger partial charge in [-0.3, -0.25) is 4.79 Å². The minimum Gasteiger partial charge on any atom is -0.343 e. The molecule has 0 radical (unpaired) electrons. The first-order valence-electron chi connectivity index (χ1n) is 6.85. The van der Waals surface area contributed by atoms with Crippen LogP contribution in [0.1, 0.15) is 59.3 Å². The first-order chi connectivity index (χ1) is 7.59. The molecule has 0 aliphatic carbocycles. The molecule has 0 aromatic rings. The van der Waals surface area contributed by atoms with Crippen molar-refractivity contribution in [1.29, 1.82) is 0 Å². The van der Waals surface area contributed by atoms with E-state index < -0.39 is 0 Å². The molecule has 1 heterocycles. The van der Waals surface area contributed by atoms with E-state index in [9.17, 15) is 4.79 Å². The average molecular weight is 225 g/mol. The summed E-state index contributed by atoms with van der Waals surface area (Å²) in [6.45, 7) is 8.26. The van der Waals surface area contributed by atoms with Gasteiger partial charge in [0.05, 0.1) is 0 Å². The fourth-order valence-electron chi connectivity index (χ4n) is 2.52. The van der Waals surface area contributed by atoms with E-state index in [1.165, 1.54) is 38.5 Å². The van der Waals surface area contributed by atoms with E-state index in [1.54, 1.807) is 6.92 Å². The van der Waals surface area contributed by atoms with Crippen molar-refractivity contribution in [3.8, 4) is 0 Å². The van der Waals surface area contributed by atoms with Gasteiger partial charge in [-0.15, -0.1) is 0 Å². The van der Waals surface area contributed by atoms with Gasteiger partial charge in [0.25, 0.3) is 0 Å². The summed E-state index contributed by atoms with van der Waals surface area (Å²) < 4.78 is 0. The first kappa shape index (κ1) is 13.5. The lowest BCUT2D eigenvalue weighted by atomic mass is 9.90. The average Bonchev–Trinajstić information content (AvgIpc) is 2.25. The maximum Gasteiger partial charge on any atom is 0.219 e. The van der Waals surface area contributed by atoms with E-state index in [2.05, 4.69) is 13.8 Å². The number of hydrogen-bond donors (Lipinski definition) is 0. The van der Waals surface area contributed by atoms with Crippen LogP contribution in [0.3, 0.4) is 0 Å². The Morgan fingerprint density at radius 2 is 1.88 bits per heavy atom. The number of amides is 1. The highest BCUT2D eigenvalue weighted by Crippen LogP contribution is 2.23. The minimum atomic E-state index is 0.248. The van der Waals surface area contributed by atoms with Gasteiger partial charge >= 0.3 is 0 Å². The number of rotatable bonds is 5. The fraction of sp³-hybridized carbons (Fsp3) is 0.929. The van der Waals surface area contributed by atoms with E-state index in [1.807, 2.05) is 4.90 Å². The number of piperidine rings is 1. The maximum absolute atomic E-state index is 11.2. The van der Waals surface area contributed by atoms with Crippen LogP contribution >= 0.6 is 0 Å². The second-order valence-electron chi connectivity index (χ2n) is 5.63. The first-order valence-corrected chi connectivity index (χ1v) is 6.85. The minimum absolute atomic E-state index is 0.248. The Morgan fingerprint density at radius 1 is 1.25 bits per heavy atom. The zero-order chi connectivity index (χ0) is 12.0. The van der Waals surface area contributed by atoms with Crippen molar-refractivity contribution >= 4 is 5.91 Å². The zero-order valence-corrected chi connectivity index (χ0v) is 11.2. The van der Waals surface area contributed by atoms with E-state index in [4.69, 9.17) is 0 Å². The summed E-state index contributed by atoms with van der Waals surface area (Å²) in [7, 11) is 0. The molecule has 1 fully saturated rings. The predicted octanol–water partition coefficient (Wildman–Crippen LogP) is 3.46. The van der Waals surface area contributed by atoms with Gasteiger partial charge in [-0.05, 0) is 24.7 Å². The third kappa shape index (κ3) is 5.00. The van der Waals surface area contributed by atoms with E-state index in [0.717, 1.165) is 24.9 Å². The van der Waals surface area contributed by atoms with E-state index in [-0.39, 0.29) is 5.91 Å². The molecule has 0 bridgehead atoms. The second-order valence-corrected chi connectivity index (χ2v) is 5.63. The van der Waals surface area contributed by atoms with Gasteiger partial charge in [0.1, 0.15) is 0 Å². The molecule has 1 rings (SSSR count). The Balaban J connectivity index is 2.06. The molecule has 94 valence electrons. The summed E-state index contributed by atoms with van der Waals surface area (Å²) in [4.78, 5) is 13.2. The number of unbranched alkanes of at least 4 members (excludes halogenated alkanes) is 1. The summed E-state index contributed by atoms with van der Waals surface area (Å²) in [5.74, 6) is 1.97. The third-order valence-electron chi connectivity index (χ3n) is 3.70. The molecular weight excluding hydrogens is 198 g/mol. The molecule has 1 amide bonds. The van der Waals surface area contributed by atoms with Crippen LogP contribution in [-0.2, 0) is 4.79 Å². The largest absolute Gasteiger partial charge is 0.343 e. The molecule has 0 spiro atoms. The molecule has 0 aromatic heterocycles. The van der Waals surface area contributed by atoms with E-state index in [0.29, 0.717) is 0 Å². The summed E-state index contributed by atoms with van der Waals surface area (Å²) in [6.07, 6.45) is 7.95. The molecule has 1 aliphatic heterocycles. The highest BCUT2D eigenvalue weighted by atomic mass is 16.2. The molecule has 16 heavy (non-hydrogen) atoms. The normalized spacial score (nSPS) is 18.1. The third-order valence-corrected chi connectivity index (χ3v) is 3.70. The topological polar surface area (TPSA) is 20.3 Å². The van der Waals surface area contributed by atoms with Gasteiger partial charge in [-0.25, -0.2) is 0 Å². The predicted molar refractivity (Wildman–Crippen MR) is 68.3 cm³/mol. The van der Waals surface area contributed by atoms with Crippen molar-refractivity contribution in [2.75, 3.05) is 13.1 Å².